The van der Waals surface area contributed by atoms with E-state index in [1.54, 1.807) is 17.0 Å². The molecule has 1 aromatic rings. The van der Waals surface area contributed by atoms with Crippen LogP contribution in [0.5, 0.6) is 0 Å². The molecule has 1 aliphatic carbocycles. The fourth-order valence-electron chi connectivity index (χ4n) is 2.02. The summed E-state index contributed by atoms with van der Waals surface area (Å²) in [6.45, 7) is 2.07. The summed E-state index contributed by atoms with van der Waals surface area (Å²) in [5.74, 6) is 0.554. The summed E-state index contributed by atoms with van der Waals surface area (Å²) in [5, 5.41) is 0.610. The van der Waals surface area contributed by atoms with E-state index in [9.17, 15) is 4.79 Å². The molecule has 0 spiro atoms. The third kappa shape index (κ3) is 2.57. The zero-order valence-corrected chi connectivity index (χ0v) is 11.9. The average molecular weight is 287 g/mol. The van der Waals surface area contributed by atoms with Gasteiger partial charge in [-0.25, -0.2) is 0 Å². The van der Waals surface area contributed by atoms with Crippen molar-refractivity contribution in [3.05, 3.63) is 27.7 Å². The topological polar surface area (TPSA) is 46.3 Å². The van der Waals surface area contributed by atoms with Crippen molar-refractivity contribution < 1.29 is 4.79 Å². The summed E-state index contributed by atoms with van der Waals surface area (Å²) in [4.78, 5) is 14.0. The lowest BCUT2D eigenvalue weighted by molar-refractivity contribution is 0.0727. The number of anilines is 1. The Bertz CT molecular complexity index is 463. The number of benzene rings is 1. The largest absolute Gasteiger partial charge is 0.397 e. The summed E-state index contributed by atoms with van der Waals surface area (Å²) >= 11 is 11.8. The molecule has 98 valence electrons. The molecule has 2 rings (SSSR count). The smallest absolute Gasteiger partial charge is 0.253 e. The predicted octanol–water partition coefficient (Wildman–Crippen LogP) is 3.45. The van der Waals surface area contributed by atoms with Gasteiger partial charge in [-0.2, -0.15) is 0 Å². The van der Waals surface area contributed by atoms with Crippen molar-refractivity contribution in [1.29, 1.82) is 0 Å². The Hall–Kier alpha value is -0.930. The maximum atomic E-state index is 12.3. The SMILES string of the molecule is CC(C1CC1)N(C)C(=O)c1cc(N)c(Cl)c(Cl)c1. The number of hydrogen-bond donors (Lipinski definition) is 1. The minimum Gasteiger partial charge on any atom is -0.397 e. The van der Waals surface area contributed by atoms with Crippen LogP contribution in [-0.4, -0.2) is 23.9 Å². The van der Waals surface area contributed by atoms with Gasteiger partial charge in [0, 0.05) is 18.7 Å². The Labute approximate surface area is 117 Å². The van der Waals surface area contributed by atoms with E-state index in [1.807, 2.05) is 7.05 Å². The highest BCUT2D eigenvalue weighted by Crippen LogP contribution is 2.35. The number of halogens is 2. The molecule has 1 saturated carbocycles. The Balaban J connectivity index is 2.22. The molecule has 0 radical (unpaired) electrons. The van der Waals surface area contributed by atoms with Crippen molar-refractivity contribution in [3.63, 3.8) is 0 Å². The standard InChI is InChI=1S/C13H16Cl2N2O/c1-7(8-3-4-8)17(2)13(18)9-5-10(14)12(15)11(16)6-9/h5-8H,3-4,16H2,1-2H3. The van der Waals surface area contributed by atoms with Crippen LogP contribution in [-0.2, 0) is 0 Å². The summed E-state index contributed by atoms with van der Waals surface area (Å²) in [7, 11) is 1.81. The molecule has 5 heteroatoms. The highest BCUT2D eigenvalue weighted by atomic mass is 35.5. The van der Waals surface area contributed by atoms with Crippen molar-refractivity contribution in [3.8, 4) is 0 Å². The fourth-order valence-corrected chi connectivity index (χ4v) is 2.35. The second-order valence-electron chi connectivity index (χ2n) is 4.86. The second kappa shape index (κ2) is 4.98. The first kappa shape index (κ1) is 13.5. The van der Waals surface area contributed by atoms with Gasteiger partial charge in [0.15, 0.2) is 0 Å². The number of nitrogens with two attached hydrogens (primary N) is 1. The zero-order chi connectivity index (χ0) is 13.4. The van der Waals surface area contributed by atoms with Crippen LogP contribution in [0.2, 0.25) is 10.0 Å². The van der Waals surface area contributed by atoms with Crippen LogP contribution in [0.3, 0.4) is 0 Å². The van der Waals surface area contributed by atoms with Gasteiger partial charge in [0.2, 0.25) is 0 Å². The van der Waals surface area contributed by atoms with Gasteiger partial charge in [-0.15, -0.1) is 0 Å². The van der Waals surface area contributed by atoms with E-state index in [0.717, 1.165) is 0 Å². The van der Waals surface area contributed by atoms with E-state index >= 15 is 0 Å². The van der Waals surface area contributed by atoms with Crippen molar-refractivity contribution in [1.82, 2.24) is 4.90 Å². The molecule has 2 N–H and O–H groups in total. The molecule has 1 atom stereocenters. The van der Waals surface area contributed by atoms with Crippen molar-refractivity contribution in [2.24, 2.45) is 5.92 Å². The fraction of sp³-hybridized carbons (Fsp3) is 0.462. The van der Waals surface area contributed by atoms with Gasteiger partial charge in [-0.05, 0) is 37.8 Å². The average Bonchev–Trinajstić information content (AvgIpc) is 3.16. The van der Waals surface area contributed by atoms with Gasteiger partial charge in [0.25, 0.3) is 5.91 Å². The number of amides is 1. The lowest BCUT2D eigenvalue weighted by Crippen LogP contribution is -2.36. The summed E-state index contributed by atoms with van der Waals surface area (Å²) in [5.41, 5.74) is 6.54. The summed E-state index contributed by atoms with van der Waals surface area (Å²) in [6.07, 6.45) is 2.39. The van der Waals surface area contributed by atoms with Gasteiger partial charge in [-0.1, -0.05) is 23.2 Å². The zero-order valence-electron chi connectivity index (χ0n) is 10.4. The maximum Gasteiger partial charge on any atom is 0.253 e. The Morgan fingerprint density at radius 1 is 1.44 bits per heavy atom. The molecule has 18 heavy (non-hydrogen) atoms. The highest BCUT2D eigenvalue weighted by molar-refractivity contribution is 6.43. The number of carbonyl (C=O) groups excluding carboxylic acids is 1. The second-order valence-corrected chi connectivity index (χ2v) is 5.64. The van der Waals surface area contributed by atoms with Crippen LogP contribution in [0.15, 0.2) is 12.1 Å². The molecule has 1 aliphatic rings. The molecule has 3 nitrogen and oxygen atoms in total. The van der Waals surface area contributed by atoms with Crippen LogP contribution in [0, 0.1) is 5.92 Å². The Morgan fingerprint density at radius 2 is 2.06 bits per heavy atom. The van der Waals surface area contributed by atoms with Crippen LogP contribution in [0.25, 0.3) is 0 Å². The minimum atomic E-state index is -0.0698. The van der Waals surface area contributed by atoms with Gasteiger partial charge < -0.3 is 10.6 Å². The highest BCUT2D eigenvalue weighted by Gasteiger charge is 2.32. The molecule has 0 aromatic heterocycles. The van der Waals surface area contributed by atoms with Crippen LogP contribution < -0.4 is 5.73 Å². The Kier molecular flexibility index (Phi) is 3.74. The normalized spacial score (nSPS) is 16.4. The number of carbonyl (C=O) groups is 1. The first-order chi connectivity index (χ1) is 8.41. The van der Waals surface area contributed by atoms with Gasteiger partial charge in [-0.3, -0.25) is 4.79 Å². The molecule has 1 amide bonds. The van der Waals surface area contributed by atoms with Crippen molar-refractivity contribution in [2.75, 3.05) is 12.8 Å². The minimum absolute atomic E-state index is 0.0698. The molecule has 1 aromatic carbocycles. The molecular weight excluding hydrogens is 271 g/mol. The van der Waals surface area contributed by atoms with Crippen LogP contribution >= 0.6 is 23.2 Å². The van der Waals surface area contributed by atoms with E-state index in [0.29, 0.717) is 27.2 Å². The van der Waals surface area contributed by atoms with E-state index in [1.165, 1.54) is 12.8 Å². The van der Waals surface area contributed by atoms with Crippen LogP contribution in [0.4, 0.5) is 5.69 Å². The van der Waals surface area contributed by atoms with Gasteiger partial charge >= 0.3 is 0 Å². The number of rotatable bonds is 3. The first-order valence-electron chi connectivity index (χ1n) is 5.93. The molecule has 0 bridgehead atoms. The third-order valence-corrected chi connectivity index (χ3v) is 4.36. The number of nitrogens with zero attached hydrogens (tertiary/aromatic N) is 1. The van der Waals surface area contributed by atoms with Crippen LogP contribution in [0.1, 0.15) is 30.1 Å². The molecule has 0 saturated heterocycles. The first-order valence-corrected chi connectivity index (χ1v) is 6.69. The molecule has 0 heterocycles. The molecule has 1 unspecified atom stereocenters. The third-order valence-electron chi connectivity index (χ3n) is 3.54. The van der Waals surface area contributed by atoms with E-state index in [-0.39, 0.29) is 11.9 Å². The molecule has 0 aliphatic heterocycles. The predicted molar refractivity (Wildman–Crippen MR) is 75.2 cm³/mol. The quantitative estimate of drug-likeness (QED) is 0.865. The monoisotopic (exact) mass is 286 g/mol. The maximum absolute atomic E-state index is 12.3. The van der Waals surface area contributed by atoms with Gasteiger partial charge in [0.05, 0.1) is 15.7 Å². The van der Waals surface area contributed by atoms with E-state index in [4.69, 9.17) is 28.9 Å². The van der Waals surface area contributed by atoms with Gasteiger partial charge in [0.1, 0.15) is 0 Å². The summed E-state index contributed by atoms with van der Waals surface area (Å²) < 4.78 is 0. The number of hydrogen-bond acceptors (Lipinski definition) is 2. The molecule has 1 fully saturated rings. The van der Waals surface area contributed by atoms with Crippen molar-refractivity contribution in [2.45, 2.75) is 25.8 Å². The van der Waals surface area contributed by atoms with Crippen molar-refractivity contribution >= 4 is 34.8 Å². The van der Waals surface area contributed by atoms with E-state index in [2.05, 4.69) is 6.92 Å². The molecular formula is C13H16Cl2N2O. The number of nitrogen functional groups attached to an aromatic ring is 1. The lowest BCUT2D eigenvalue weighted by atomic mass is 10.1. The summed E-state index contributed by atoms with van der Waals surface area (Å²) in [6, 6.07) is 3.39. The lowest BCUT2D eigenvalue weighted by Gasteiger charge is -2.25. The van der Waals surface area contributed by atoms with E-state index < -0.39 is 0 Å². The Morgan fingerprint density at radius 3 is 2.56 bits per heavy atom.